The molecule has 1 aromatic heterocycles. The monoisotopic (exact) mass is 384 g/mol. The molecule has 0 unspecified atom stereocenters. The molecular formula is C21H21FN2O2S. The van der Waals surface area contributed by atoms with Crippen LogP contribution in [0.2, 0.25) is 0 Å². The molecule has 0 aliphatic heterocycles. The van der Waals surface area contributed by atoms with Crippen molar-refractivity contribution in [3.05, 3.63) is 71.0 Å². The number of ether oxygens (including phenoxy) is 1. The average molecular weight is 384 g/mol. The van der Waals surface area contributed by atoms with Crippen molar-refractivity contribution in [1.82, 2.24) is 10.3 Å². The molecule has 1 atom stereocenters. The van der Waals surface area contributed by atoms with Gasteiger partial charge in [-0.2, -0.15) is 0 Å². The summed E-state index contributed by atoms with van der Waals surface area (Å²) < 4.78 is 19.0. The van der Waals surface area contributed by atoms with Gasteiger partial charge in [-0.1, -0.05) is 42.0 Å². The van der Waals surface area contributed by atoms with E-state index in [4.69, 9.17) is 4.74 Å². The summed E-state index contributed by atoms with van der Waals surface area (Å²) in [5.41, 5.74) is 3.23. The van der Waals surface area contributed by atoms with E-state index in [9.17, 15) is 9.18 Å². The van der Waals surface area contributed by atoms with Gasteiger partial charge in [-0.25, -0.2) is 9.37 Å². The third-order valence-electron chi connectivity index (χ3n) is 4.04. The fourth-order valence-electron chi connectivity index (χ4n) is 2.49. The smallest absolute Gasteiger partial charge is 0.260 e. The molecule has 0 radical (unpaired) electrons. The lowest BCUT2D eigenvalue weighted by molar-refractivity contribution is -0.127. The van der Waals surface area contributed by atoms with Crippen LogP contribution in [-0.4, -0.2) is 23.5 Å². The van der Waals surface area contributed by atoms with Crippen molar-refractivity contribution in [2.45, 2.75) is 26.4 Å². The Kier molecular flexibility index (Phi) is 6.19. The largest absolute Gasteiger partial charge is 0.478 e. The highest BCUT2D eigenvalue weighted by Gasteiger charge is 2.16. The molecule has 1 amide bonds. The van der Waals surface area contributed by atoms with Crippen LogP contribution in [0, 0.1) is 12.7 Å². The first kappa shape index (κ1) is 19.0. The summed E-state index contributed by atoms with van der Waals surface area (Å²) in [5, 5.41) is 5.77. The maximum Gasteiger partial charge on any atom is 0.260 e. The van der Waals surface area contributed by atoms with Crippen molar-refractivity contribution >= 4 is 17.2 Å². The quantitative estimate of drug-likeness (QED) is 0.658. The van der Waals surface area contributed by atoms with Gasteiger partial charge in [-0.05, 0) is 26.0 Å². The molecule has 2 aromatic carbocycles. The van der Waals surface area contributed by atoms with Crippen molar-refractivity contribution in [2.75, 3.05) is 6.54 Å². The minimum atomic E-state index is -0.777. The lowest BCUT2D eigenvalue weighted by Gasteiger charge is -2.14. The van der Waals surface area contributed by atoms with Crippen molar-refractivity contribution in [1.29, 1.82) is 0 Å². The molecule has 0 aliphatic carbocycles. The highest BCUT2D eigenvalue weighted by atomic mass is 32.1. The van der Waals surface area contributed by atoms with Gasteiger partial charge in [-0.15, -0.1) is 11.3 Å². The maximum absolute atomic E-state index is 13.6. The maximum atomic E-state index is 13.6. The molecule has 0 saturated carbocycles. The van der Waals surface area contributed by atoms with Crippen LogP contribution in [0.4, 0.5) is 4.39 Å². The fraction of sp³-hybridized carbons (Fsp3) is 0.238. The zero-order valence-electron chi connectivity index (χ0n) is 15.2. The third kappa shape index (κ3) is 5.14. The number of benzene rings is 2. The summed E-state index contributed by atoms with van der Waals surface area (Å²) in [5.74, 6) is -0.696. The number of para-hydroxylation sites is 1. The van der Waals surface area contributed by atoms with Gasteiger partial charge in [0.25, 0.3) is 5.91 Å². The van der Waals surface area contributed by atoms with Gasteiger partial charge >= 0.3 is 0 Å². The summed E-state index contributed by atoms with van der Waals surface area (Å²) in [6, 6.07) is 14.3. The van der Waals surface area contributed by atoms with E-state index in [0.717, 1.165) is 16.3 Å². The third-order valence-corrected chi connectivity index (χ3v) is 4.98. The first-order chi connectivity index (χ1) is 13.0. The zero-order chi connectivity index (χ0) is 19.2. The second-order valence-corrected chi connectivity index (χ2v) is 7.10. The average Bonchev–Trinajstić information content (AvgIpc) is 3.13. The van der Waals surface area contributed by atoms with Gasteiger partial charge in [0.1, 0.15) is 5.01 Å². The van der Waals surface area contributed by atoms with Crippen LogP contribution >= 0.6 is 11.3 Å². The molecule has 27 heavy (non-hydrogen) atoms. The summed E-state index contributed by atoms with van der Waals surface area (Å²) in [7, 11) is 0. The zero-order valence-corrected chi connectivity index (χ0v) is 16.1. The lowest BCUT2D eigenvalue weighted by Crippen LogP contribution is -2.37. The van der Waals surface area contributed by atoms with E-state index in [1.54, 1.807) is 30.4 Å². The number of amides is 1. The molecule has 3 aromatic rings. The van der Waals surface area contributed by atoms with Crippen LogP contribution in [0.25, 0.3) is 10.6 Å². The number of nitrogens with one attached hydrogen (secondary N) is 1. The molecule has 4 nitrogen and oxygen atoms in total. The summed E-state index contributed by atoms with van der Waals surface area (Å²) in [6.07, 6.45) is -0.152. The van der Waals surface area contributed by atoms with Crippen LogP contribution in [0.5, 0.6) is 5.75 Å². The second kappa shape index (κ2) is 8.77. The molecular weight excluding hydrogens is 363 g/mol. The van der Waals surface area contributed by atoms with Crippen LogP contribution in [0.3, 0.4) is 0 Å². The number of aromatic nitrogens is 1. The Morgan fingerprint density at radius 1 is 1.22 bits per heavy atom. The highest BCUT2D eigenvalue weighted by Crippen LogP contribution is 2.24. The number of thiazole rings is 1. The van der Waals surface area contributed by atoms with Crippen LogP contribution in [0.1, 0.15) is 18.2 Å². The van der Waals surface area contributed by atoms with E-state index in [-0.39, 0.29) is 11.7 Å². The number of hydrogen-bond acceptors (Lipinski definition) is 4. The van der Waals surface area contributed by atoms with Crippen molar-refractivity contribution in [2.24, 2.45) is 0 Å². The molecule has 0 aliphatic rings. The van der Waals surface area contributed by atoms with Gasteiger partial charge in [-0.3, -0.25) is 4.79 Å². The standard InChI is InChI=1S/C21H21FN2O2S/c1-14-7-9-16(10-8-14)21-24-17(13-27-21)11-12-23-20(25)15(2)26-19-6-4-3-5-18(19)22/h3-10,13,15H,11-12H2,1-2H3,(H,23,25)/t15-/m1/s1. The number of nitrogens with zero attached hydrogens (tertiary/aromatic N) is 1. The number of hydrogen-bond donors (Lipinski definition) is 1. The van der Waals surface area contributed by atoms with Gasteiger partial charge in [0.15, 0.2) is 17.7 Å². The molecule has 140 valence electrons. The highest BCUT2D eigenvalue weighted by molar-refractivity contribution is 7.13. The van der Waals surface area contributed by atoms with Gasteiger partial charge < -0.3 is 10.1 Å². The van der Waals surface area contributed by atoms with Gasteiger partial charge in [0, 0.05) is 23.9 Å². The fourth-order valence-corrected chi connectivity index (χ4v) is 3.35. The second-order valence-electron chi connectivity index (χ2n) is 6.24. The first-order valence-corrected chi connectivity index (χ1v) is 9.61. The minimum absolute atomic E-state index is 0.0717. The Labute approximate surface area is 162 Å². The summed E-state index contributed by atoms with van der Waals surface area (Å²) in [4.78, 5) is 16.7. The lowest BCUT2D eigenvalue weighted by atomic mass is 10.2. The molecule has 6 heteroatoms. The summed E-state index contributed by atoms with van der Waals surface area (Å²) >= 11 is 1.59. The van der Waals surface area contributed by atoms with Crippen molar-refractivity contribution in [3.63, 3.8) is 0 Å². The van der Waals surface area contributed by atoms with E-state index in [0.29, 0.717) is 13.0 Å². The topological polar surface area (TPSA) is 51.2 Å². The molecule has 0 fully saturated rings. The van der Waals surface area contributed by atoms with Crippen molar-refractivity contribution in [3.8, 4) is 16.3 Å². The Bertz CT molecular complexity index is 909. The predicted molar refractivity (Wildman–Crippen MR) is 105 cm³/mol. The molecule has 3 rings (SSSR count). The van der Waals surface area contributed by atoms with Gasteiger partial charge in [0.05, 0.1) is 5.69 Å². The molecule has 1 N–H and O–H groups in total. The molecule has 0 spiro atoms. The van der Waals surface area contributed by atoms with E-state index >= 15 is 0 Å². The Hall–Kier alpha value is -2.73. The van der Waals surface area contributed by atoms with E-state index in [2.05, 4.69) is 41.5 Å². The Balaban J connectivity index is 1.49. The number of carbonyl (C=O) groups is 1. The van der Waals surface area contributed by atoms with Crippen LogP contribution in [-0.2, 0) is 11.2 Å². The SMILES string of the molecule is Cc1ccc(-c2nc(CCNC(=O)[C@@H](C)Oc3ccccc3F)cs2)cc1. The molecule has 1 heterocycles. The number of rotatable bonds is 7. The number of carbonyl (C=O) groups excluding carboxylic acids is 1. The Morgan fingerprint density at radius 2 is 1.96 bits per heavy atom. The molecule has 0 saturated heterocycles. The normalized spacial score (nSPS) is 11.8. The van der Waals surface area contributed by atoms with E-state index in [1.807, 2.05) is 5.38 Å². The first-order valence-electron chi connectivity index (χ1n) is 8.73. The summed E-state index contributed by atoms with van der Waals surface area (Å²) in [6.45, 7) is 4.09. The minimum Gasteiger partial charge on any atom is -0.478 e. The number of aryl methyl sites for hydroxylation is 1. The van der Waals surface area contributed by atoms with Crippen molar-refractivity contribution < 1.29 is 13.9 Å². The Morgan fingerprint density at radius 3 is 2.70 bits per heavy atom. The molecule has 0 bridgehead atoms. The van der Waals surface area contributed by atoms with E-state index in [1.165, 1.54) is 17.7 Å². The van der Waals surface area contributed by atoms with E-state index < -0.39 is 11.9 Å². The van der Waals surface area contributed by atoms with Crippen LogP contribution in [0.15, 0.2) is 53.9 Å². The van der Waals surface area contributed by atoms with Crippen LogP contribution < -0.4 is 10.1 Å². The van der Waals surface area contributed by atoms with Gasteiger partial charge in [0.2, 0.25) is 0 Å². The number of halogens is 1. The predicted octanol–water partition coefficient (Wildman–Crippen LogP) is 4.38.